The average Bonchev–Trinajstić information content (AvgIpc) is 2.57. The molecule has 1 unspecified atom stereocenters. The molecule has 3 heteroatoms. The number of rotatable bonds is 4. The van der Waals surface area contributed by atoms with Crippen molar-refractivity contribution in [2.24, 2.45) is 0 Å². The molecular formula is C11H19NO2. The Bertz CT molecular complexity index is 227. The van der Waals surface area contributed by atoms with Gasteiger partial charge in [0, 0.05) is 0 Å². The summed E-state index contributed by atoms with van der Waals surface area (Å²) in [6.45, 7) is 4.67. The van der Waals surface area contributed by atoms with Gasteiger partial charge in [0.1, 0.15) is 5.54 Å². The van der Waals surface area contributed by atoms with E-state index in [1.54, 1.807) is 0 Å². The quantitative estimate of drug-likeness (QED) is 0.506. The zero-order chi connectivity index (χ0) is 10.6. The number of ether oxygens (including phenoxy) is 1. The van der Waals surface area contributed by atoms with Gasteiger partial charge in [-0.3, -0.25) is 9.69 Å². The third-order valence-electron chi connectivity index (χ3n) is 3.14. The third kappa shape index (κ3) is 1.82. The Balaban J connectivity index is 2.77. The van der Waals surface area contributed by atoms with Gasteiger partial charge in [0.2, 0.25) is 0 Å². The molecule has 1 aliphatic heterocycles. The number of likely N-dealkylation sites (tertiary alicyclic amines) is 1. The number of hydrogen-bond donors (Lipinski definition) is 0. The maximum atomic E-state index is 11.8. The van der Waals surface area contributed by atoms with E-state index in [9.17, 15) is 4.79 Å². The molecule has 0 N–H and O–H groups in total. The van der Waals surface area contributed by atoms with E-state index in [4.69, 9.17) is 4.74 Å². The largest absolute Gasteiger partial charge is 0.468 e. The van der Waals surface area contributed by atoms with Crippen LogP contribution in [0, 0.1) is 0 Å². The number of carbonyl (C=O) groups is 1. The van der Waals surface area contributed by atoms with Crippen molar-refractivity contribution in [1.29, 1.82) is 0 Å². The first-order valence-corrected chi connectivity index (χ1v) is 5.08. The molecule has 80 valence electrons. The molecular weight excluding hydrogens is 178 g/mol. The van der Waals surface area contributed by atoms with Crippen molar-refractivity contribution >= 4 is 5.97 Å². The molecule has 0 spiro atoms. The van der Waals surface area contributed by atoms with E-state index in [1.807, 2.05) is 13.1 Å². The van der Waals surface area contributed by atoms with Crippen LogP contribution in [-0.4, -0.2) is 37.1 Å². The van der Waals surface area contributed by atoms with Gasteiger partial charge in [0.05, 0.1) is 7.11 Å². The van der Waals surface area contributed by atoms with Crippen molar-refractivity contribution < 1.29 is 9.53 Å². The summed E-state index contributed by atoms with van der Waals surface area (Å²) in [6, 6.07) is 0. The summed E-state index contributed by atoms with van der Waals surface area (Å²) >= 11 is 0. The van der Waals surface area contributed by atoms with E-state index < -0.39 is 0 Å². The number of hydrogen-bond acceptors (Lipinski definition) is 3. The number of methoxy groups -OCH3 is 1. The number of likely N-dealkylation sites (N-methyl/N-ethyl adjacent to an activating group) is 1. The summed E-state index contributed by atoms with van der Waals surface area (Å²) < 4.78 is 4.89. The monoisotopic (exact) mass is 197 g/mol. The highest BCUT2D eigenvalue weighted by molar-refractivity contribution is 5.81. The van der Waals surface area contributed by atoms with Crippen LogP contribution < -0.4 is 0 Å². The molecule has 3 nitrogen and oxygen atoms in total. The summed E-state index contributed by atoms with van der Waals surface area (Å²) in [5, 5.41) is 0. The van der Waals surface area contributed by atoms with Gasteiger partial charge in [-0.05, 0) is 39.3 Å². The minimum atomic E-state index is -0.386. The summed E-state index contributed by atoms with van der Waals surface area (Å²) in [5.74, 6) is -0.0978. The Hall–Kier alpha value is -0.830. The van der Waals surface area contributed by atoms with Crippen LogP contribution in [0.3, 0.4) is 0 Å². The van der Waals surface area contributed by atoms with Crippen LogP contribution in [0.25, 0.3) is 0 Å². The van der Waals surface area contributed by atoms with E-state index in [-0.39, 0.29) is 11.5 Å². The van der Waals surface area contributed by atoms with Crippen LogP contribution >= 0.6 is 0 Å². The summed E-state index contributed by atoms with van der Waals surface area (Å²) in [4.78, 5) is 13.9. The van der Waals surface area contributed by atoms with E-state index in [0.29, 0.717) is 0 Å². The lowest BCUT2D eigenvalue weighted by Gasteiger charge is -2.32. The second-order valence-electron chi connectivity index (χ2n) is 3.88. The van der Waals surface area contributed by atoms with Crippen molar-refractivity contribution in [1.82, 2.24) is 4.90 Å². The number of allylic oxidation sites excluding steroid dienone is 1. The van der Waals surface area contributed by atoms with E-state index in [1.165, 1.54) is 7.11 Å². The van der Waals surface area contributed by atoms with Crippen molar-refractivity contribution in [3.63, 3.8) is 0 Å². The molecule has 0 aromatic heterocycles. The molecule has 0 aromatic carbocycles. The maximum Gasteiger partial charge on any atom is 0.326 e. The second-order valence-corrected chi connectivity index (χ2v) is 3.88. The number of nitrogens with zero attached hydrogens (tertiary/aromatic N) is 1. The fourth-order valence-corrected chi connectivity index (χ4v) is 2.22. The zero-order valence-corrected chi connectivity index (χ0v) is 9.08. The molecule has 1 fully saturated rings. The van der Waals surface area contributed by atoms with Crippen molar-refractivity contribution in [2.75, 3.05) is 20.7 Å². The standard InChI is InChI=1S/C11H19NO2/c1-4-5-7-11(10(13)14-3)8-6-9-12(11)2/h4H,1,5-9H2,2-3H3. The Kier molecular flexibility index (Phi) is 3.69. The second kappa shape index (κ2) is 4.60. The topological polar surface area (TPSA) is 29.5 Å². The highest BCUT2D eigenvalue weighted by Gasteiger charge is 2.45. The van der Waals surface area contributed by atoms with Crippen molar-refractivity contribution in [3.05, 3.63) is 12.7 Å². The Morgan fingerprint density at radius 3 is 2.86 bits per heavy atom. The van der Waals surface area contributed by atoms with Crippen LogP contribution in [-0.2, 0) is 9.53 Å². The van der Waals surface area contributed by atoms with Gasteiger partial charge in [-0.25, -0.2) is 0 Å². The summed E-state index contributed by atoms with van der Waals surface area (Å²) in [5.41, 5.74) is -0.386. The average molecular weight is 197 g/mol. The molecule has 0 amide bonds. The van der Waals surface area contributed by atoms with E-state index >= 15 is 0 Å². The highest BCUT2D eigenvalue weighted by Crippen LogP contribution is 2.33. The van der Waals surface area contributed by atoms with Crippen molar-refractivity contribution in [3.8, 4) is 0 Å². The molecule has 1 atom stereocenters. The van der Waals surface area contributed by atoms with Crippen LogP contribution in [0.1, 0.15) is 25.7 Å². The fourth-order valence-electron chi connectivity index (χ4n) is 2.22. The van der Waals surface area contributed by atoms with E-state index in [2.05, 4.69) is 11.5 Å². The highest BCUT2D eigenvalue weighted by atomic mass is 16.5. The van der Waals surface area contributed by atoms with E-state index in [0.717, 1.165) is 32.2 Å². The first-order valence-electron chi connectivity index (χ1n) is 5.08. The predicted molar refractivity (Wildman–Crippen MR) is 56.0 cm³/mol. The normalized spacial score (nSPS) is 27.6. The lowest BCUT2D eigenvalue weighted by Crippen LogP contribution is -2.49. The molecule has 1 rings (SSSR count). The predicted octanol–water partition coefficient (Wildman–Crippen LogP) is 1.59. The molecule has 0 saturated carbocycles. The summed E-state index contributed by atoms with van der Waals surface area (Å²) in [7, 11) is 3.46. The molecule has 1 aliphatic rings. The molecule has 1 heterocycles. The Morgan fingerprint density at radius 1 is 1.71 bits per heavy atom. The lowest BCUT2D eigenvalue weighted by molar-refractivity contribution is -0.153. The van der Waals surface area contributed by atoms with Gasteiger partial charge >= 0.3 is 5.97 Å². The zero-order valence-electron chi connectivity index (χ0n) is 9.08. The minimum Gasteiger partial charge on any atom is -0.468 e. The molecule has 0 aromatic rings. The first-order chi connectivity index (χ1) is 6.67. The fraction of sp³-hybridized carbons (Fsp3) is 0.727. The molecule has 1 saturated heterocycles. The molecule has 14 heavy (non-hydrogen) atoms. The van der Waals surface area contributed by atoms with Crippen molar-refractivity contribution in [2.45, 2.75) is 31.2 Å². The summed E-state index contributed by atoms with van der Waals surface area (Å²) in [6.07, 6.45) is 5.52. The lowest BCUT2D eigenvalue weighted by atomic mass is 9.90. The first kappa shape index (κ1) is 11.2. The molecule has 0 aliphatic carbocycles. The van der Waals surface area contributed by atoms with Crippen LogP contribution in [0.15, 0.2) is 12.7 Å². The van der Waals surface area contributed by atoms with Crippen LogP contribution in [0.2, 0.25) is 0 Å². The maximum absolute atomic E-state index is 11.8. The molecule has 0 bridgehead atoms. The van der Waals surface area contributed by atoms with Crippen LogP contribution in [0.4, 0.5) is 0 Å². The third-order valence-corrected chi connectivity index (χ3v) is 3.14. The number of esters is 1. The SMILES string of the molecule is C=CCCC1(C(=O)OC)CCCN1C. The molecule has 0 radical (unpaired) electrons. The van der Waals surface area contributed by atoms with Gasteiger partial charge in [-0.15, -0.1) is 6.58 Å². The number of carbonyl (C=O) groups excluding carboxylic acids is 1. The van der Waals surface area contributed by atoms with Gasteiger partial charge in [-0.2, -0.15) is 0 Å². The Morgan fingerprint density at radius 2 is 2.43 bits per heavy atom. The van der Waals surface area contributed by atoms with Crippen LogP contribution in [0.5, 0.6) is 0 Å². The smallest absolute Gasteiger partial charge is 0.326 e. The van der Waals surface area contributed by atoms with Gasteiger partial charge in [0.15, 0.2) is 0 Å². The minimum absolute atomic E-state index is 0.0978. The van der Waals surface area contributed by atoms with Gasteiger partial charge in [-0.1, -0.05) is 6.08 Å². The van der Waals surface area contributed by atoms with Gasteiger partial charge in [0.25, 0.3) is 0 Å². The van der Waals surface area contributed by atoms with Gasteiger partial charge < -0.3 is 4.74 Å². The Labute approximate surface area is 85.7 Å².